The van der Waals surface area contributed by atoms with Gasteiger partial charge in [-0.2, -0.15) is 0 Å². The highest BCUT2D eigenvalue weighted by Crippen LogP contribution is 2.33. The molecule has 0 radical (unpaired) electrons. The standard InChI is InChI=1S/C22H15ClO7/c1-27-14-5-2-12(3-6-14)20-21(28-11-15-7-9-18(29-15)22(25)26)19(24)16-10-13(23)4-8-17(16)30-20/h2-10H,11H2,1H3,(H,25,26). The first-order chi connectivity index (χ1) is 14.5. The summed E-state index contributed by atoms with van der Waals surface area (Å²) in [5.74, 6) is -0.335. The van der Waals surface area contributed by atoms with Crippen LogP contribution in [0.4, 0.5) is 0 Å². The van der Waals surface area contributed by atoms with Crippen molar-refractivity contribution in [1.29, 1.82) is 0 Å². The van der Waals surface area contributed by atoms with E-state index in [-0.39, 0.29) is 35.0 Å². The van der Waals surface area contributed by atoms with E-state index in [2.05, 4.69) is 0 Å². The van der Waals surface area contributed by atoms with Crippen molar-refractivity contribution in [2.45, 2.75) is 6.61 Å². The Balaban J connectivity index is 1.80. The van der Waals surface area contributed by atoms with E-state index in [1.807, 2.05) is 0 Å². The summed E-state index contributed by atoms with van der Waals surface area (Å²) >= 11 is 6.03. The fourth-order valence-corrected chi connectivity index (χ4v) is 3.10. The maximum absolute atomic E-state index is 13.1. The monoisotopic (exact) mass is 426 g/mol. The van der Waals surface area contributed by atoms with Gasteiger partial charge in [0, 0.05) is 10.6 Å². The molecule has 4 aromatic rings. The predicted molar refractivity (Wildman–Crippen MR) is 109 cm³/mol. The van der Waals surface area contributed by atoms with Gasteiger partial charge in [0.25, 0.3) is 0 Å². The number of halogens is 1. The Labute approximate surface area is 175 Å². The number of hydrogen-bond donors (Lipinski definition) is 1. The Morgan fingerprint density at radius 3 is 2.50 bits per heavy atom. The third-order valence-corrected chi connectivity index (χ3v) is 4.63. The van der Waals surface area contributed by atoms with Crippen LogP contribution < -0.4 is 14.9 Å². The number of rotatable bonds is 6. The summed E-state index contributed by atoms with van der Waals surface area (Å²) in [4.78, 5) is 24.1. The van der Waals surface area contributed by atoms with E-state index in [1.165, 1.54) is 18.2 Å². The van der Waals surface area contributed by atoms with Crippen LogP contribution in [0.25, 0.3) is 22.3 Å². The van der Waals surface area contributed by atoms with Crippen LogP contribution in [0.2, 0.25) is 5.02 Å². The van der Waals surface area contributed by atoms with E-state index in [0.717, 1.165) is 0 Å². The van der Waals surface area contributed by atoms with E-state index in [1.54, 1.807) is 43.5 Å². The van der Waals surface area contributed by atoms with Crippen LogP contribution in [-0.2, 0) is 6.61 Å². The van der Waals surface area contributed by atoms with Crippen molar-refractivity contribution in [3.8, 4) is 22.8 Å². The van der Waals surface area contributed by atoms with Gasteiger partial charge in [-0.05, 0) is 54.6 Å². The molecule has 0 amide bonds. The highest BCUT2D eigenvalue weighted by molar-refractivity contribution is 6.31. The second-order valence-corrected chi connectivity index (χ2v) is 6.75. The largest absolute Gasteiger partial charge is 0.497 e. The van der Waals surface area contributed by atoms with Crippen LogP contribution in [0.3, 0.4) is 0 Å². The van der Waals surface area contributed by atoms with Crippen molar-refractivity contribution in [2.24, 2.45) is 0 Å². The predicted octanol–water partition coefficient (Wildman–Crippen LogP) is 4.99. The molecule has 0 bridgehead atoms. The van der Waals surface area contributed by atoms with Gasteiger partial charge < -0.3 is 23.4 Å². The highest BCUT2D eigenvalue weighted by Gasteiger charge is 2.19. The molecule has 30 heavy (non-hydrogen) atoms. The Hall–Kier alpha value is -3.71. The number of furan rings is 1. The quantitative estimate of drug-likeness (QED) is 0.463. The van der Waals surface area contributed by atoms with Crippen LogP contribution in [0.1, 0.15) is 16.3 Å². The molecule has 7 nitrogen and oxygen atoms in total. The summed E-state index contributed by atoms with van der Waals surface area (Å²) in [5, 5.41) is 9.63. The molecule has 2 aromatic heterocycles. The number of carboxylic acid groups (broad SMARTS) is 1. The zero-order chi connectivity index (χ0) is 21.3. The zero-order valence-corrected chi connectivity index (χ0v) is 16.4. The molecule has 0 aliphatic carbocycles. The maximum atomic E-state index is 13.1. The number of hydrogen-bond acceptors (Lipinski definition) is 6. The van der Waals surface area contributed by atoms with Crippen molar-refractivity contribution < 1.29 is 28.2 Å². The van der Waals surface area contributed by atoms with Crippen molar-refractivity contribution in [3.05, 3.63) is 81.4 Å². The van der Waals surface area contributed by atoms with Crippen molar-refractivity contribution in [2.75, 3.05) is 7.11 Å². The second-order valence-electron chi connectivity index (χ2n) is 6.32. The average molecular weight is 427 g/mol. The zero-order valence-electron chi connectivity index (χ0n) is 15.7. The molecular formula is C22H15ClO7. The molecule has 1 N–H and O–H groups in total. The summed E-state index contributed by atoms with van der Waals surface area (Å²) in [6.07, 6.45) is 0. The minimum atomic E-state index is -1.19. The van der Waals surface area contributed by atoms with E-state index >= 15 is 0 Å². The minimum Gasteiger partial charge on any atom is -0.497 e. The van der Waals surface area contributed by atoms with Crippen LogP contribution in [0.15, 0.2) is 68.2 Å². The summed E-state index contributed by atoms with van der Waals surface area (Å²) in [6, 6.07) is 14.5. The van der Waals surface area contributed by atoms with Crippen molar-refractivity contribution in [3.63, 3.8) is 0 Å². The molecule has 0 aliphatic heterocycles. The summed E-state index contributed by atoms with van der Waals surface area (Å²) in [5.41, 5.74) is 0.550. The summed E-state index contributed by atoms with van der Waals surface area (Å²) in [6.45, 7) is -0.159. The second kappa shape index (κ2) is 7.96. The van der Waals surface area contributed by atoms with Crippen LogP contribution in [0, 0.1) is 0 Å². The normalized spacial score (nSPS) is 10.9. The first kappa shape index (κ1) is 19.6. The topological polar surface area (TPSA) is 99.1 Å². The van der Waals surface area contributed by atoms with E-state index < -0.39 is 11.4 Å². The van der Waals surface area contributed by atoms with Gasteiger partial charge in [0.1, 0.15) is 23.7 Å². The number of carboxylic acids is 1. The molecule has 0 unspecified atom stereocenters. The lowest BCUT2D eigenvalue weighted by Crippen LogP contribution is -2.10. The van der Waals surface area contributed by atoms with Crippen LogP contribution >= 0.6 is 11.6 Å². The molecule has 2 heterocycles. The molecule has 0 saturated carbocycles. The lowest BCUT2D eigenvalue weighted by molar-refractivity contribution is 0.0658. The third-order valence-electron chi connectivity index (χ3n) is 4.39. The van der Waals surface area contributed by atoms with Gasteiger partial charge in [0.15, 0.2) is 5.76 Å². The number of aromatic carboxylic acids is 1. The molecule has 0 spiro atoms. The number of fused-ring (bicyclic) bond motifs is 1. The SMILES string of the molecule is COc1ccc(-c2oc3ccc(Cl)cc3c(=O)c2OCc2ccc(C(=O)O)o2)cc1. The Bertz CT molecular complexity index is 1290. The van der Waals surface area contributed by atoms with Gasteiger partial charge in [-0.15, -0.1) is 0 Å². The van der Waals surface area contributed by atoms with Gasteiger partial charge in [0.05, 0.1) is 12.5 Å². The fraction of sp³-hybridized carbons (Fsp3) is 0.0909. The van der Waals surface area contributed by atoms with Crippen molar-refractivity contribution >= 4 is 28.5 Å². The molecule has 4 rings (SSSR count). The highest BCUT2D eigenvalue weighted by atomic mass is 35.5. The van der Waals surface area contributed by atoms with E-state index in [4.69, 9.17) is 35.0 Å². The molecule has 152 valence electrons. The lowest BCUT2D eigenvalue weighted by atomic mass is 10.1. The summed E-state index contributed by atoms with van der Waals surface area (Å²) in [7, 11) is 1.55. The Kier molecular flexibility index (Phi) is 5.20. The average Bonchev–Trinajstić information content (AvgIpc) is 3.23. The van der Waals surface area contributed by atoms with Crippen LogP contribution in [0.5, 0.6) is 11.5 Å². The Morgan fingerprint density at radius 1 is 1.07 bits per heavy atom. The van der Waals surface area contributed by atoms with Gasteiger partial charge >= 0.3 is 5.97 Å². The van der Waals surface area contributed by atoms with Gasteiger partial charge in [-0.1, -0.05) is 11.6 Å². The fourth-order valence-electron chi connectivity index (χ4n) is 2.93. The smallest absolute Gasteiger partial charge is 0.371 e. The van der Waals surface area contributed by atoms with E-state index in [9.17, 15) is 9.59 Å². The molecular weight excluding hydrogens is 412 g/mol. The van der Waals surface area contributed by atoms with Gasteiger partial charge in [-0.3, -0.25) is 4.79 Å². The molecule has 0 aliphatic rings. The molecule has 2 aromatic carbocycles. The number of carbonyl (C=O) groups is 1. The van der Waals surface area contributed by atoms with Gasteiger partial charge in [-0.25, -0.2) is 4.79 Å². The van der Waals surface area contributed by atoms with Crippen molar-refractivity contribution in [1.82, 2.24) is 0 Å². The number of ether oxygens (including phenoxy) is 2. The molecule has 0 fully saturated rings. The summed E-state index contributed by atoms with van der Waals surface area (Å²) < 4.78 is 22.1. The first-order valence-electron chi connectivity index (χ1n) is 8.82. The molecule has 0 saturated heterocycles. The van der Waals surface area contributed by atoms with Gasteiger partial charge in [0.2, 0.25) is 16.9 Å². The molecule has 8 heteroatoms. The first-order valence-corrected chi connectivity index (χ1v) is 9.19. The third kappa shape index (κ3) is 3.75. The number of benzene rings is 2. The number of methoxy groups -OCH3 is 1. The molecule has 0 atom stereocenters. The minimum absolute atomic E-state index is 0.0387. The van der Waals surface area contributed by atoms with Crippen LogP contribution in [-0.4, -0.2) is 18.2 Å². The lowest BCUT2D eigenvalue weighted by Gasteiger charge is -2.11. The Morgan fingerprint density at radius 2 is 1.83 bits per heavy atom. The maximum Gasteiger partial charge on any atom is 0.371 e. The van der Waals surface area contributed by atoms with E-state index in [0.29, 0.717) is 21.9 Å².